The van der Waals surface area contributed by atoms with Gasteiger partial charge in [-0.15, -0.1) is 11.3 Å². The molecule has 0 radical (unpaired) electrons. The van der Waals surface area contributed by atoms with E-state index >= 15 is 0 Å². The zero-order valence-electron chi connectivity index (χ0n) is 17.2. The molecule has 2 aliphatic heterocycles. The fourth-order valence-corrected chi connectivity index (χ4v) is 4.66. The SMILES string of the molecule is Cc1ccc(-c2csc(NC(=O)C3CC(=O)N(c4ccc5c(c4)OCO5)C3)n2)c(C)c1. The van der Waals surface area contributed by atoms with Crippen LogP contribution in [0, 0.1) is 19.8 Å². The summed E-state index contributed by atoms with van der Waals surface area (Å²) in [7, 11) is 0. The van der Waals surface area contributed by atoms with Crippen LogP contribution in [-0.4, -0.2) is 30.1 Å². The van der Waals surface area contributed by atoms with E-state index in [0.717, 1.165) is 16.8 Å². The van der Waals surface area contributed by atoms with E-state index in [1.54, 1.807) is 17.0 Å². The van der Waals surface area contributed by atoms with Gasteiger partial charge in [-0.1, -0.05) is 23.8 Å². The van der Waals surface area contributed by atoms with Gasteiger partial charge in [-0.3, -0.25) is 9.59 Å². The normalized spacial score (nSPS) is 17.3. The number of aromatic nitrogens is 1. The van der Waals surface area contributed by atoms with Crippen LogP contribution in [0.2, 0.25) is 0 Å². The van der Waals surface area contributed by atoms with Crippen LogP contribution < -0.4 is 19.7 Å². The Bertz CT molecular complexity index is 1190. The number of hydrogen-bond acceptors (Lipinski definition) is 6. The quantitative estimate of drug-likeness (QED) is 0.666. The first-order valence-electron chi connectivity index (χ1n) is 10.0. The molecule has 3 heterocycles. The van der Waals surface area contributed by atoms with Crippen molar-refractivity contribution in [1.29, 1.82) is 0 Å². The maximum absolute atomic E-state index is 12.8. The molecule has 8 heteroatoms. The summed E-state index contributed by atoms with van der Waals surface area (Å²) in [4.78, 5) is 31.6. The van der Waals surface area contributed by atoms with E-state index in [1.807, 2.05) is 17.5 Å². The monoisotopic (exact) mass is 435 g/mol. The molecule has 5 rings (SSSR count). The molecule has 158 valence electrons. The van der Waals surface area contributed by atoms with E-state index in [2.05, 4.69) is 36.3 Å². The molecule has 31 heavy (non-hydrogen) atoms. The van der Waals surface area contributed by atoms with Gasteiger partial charge in [-0.25, -0.2) is 4.98 Å². The number of benzene rings is 2. The number of rotatable bonds is 4. The number of carbonyl (C=O) groups is 2. The molecule has 2 aromatic carbocycles. The van der Waals surface area contributed by atoms with Crippen LogP contribution in [0.4, 0.5) is 10.8 Å². The highest BCUT2D eigenvalue weighted by molar-refractivity contribution is 7.14. The first kappa shape index (κ1) is 19.6. The highest BCUT2D eigenvalue weighted by Gasteiger charge is 2.36. The Balaban J connectivity index is 1.27. The van der Waals surface area contributed by atoms with Gasteiger partial charge in [0.25, 0.3) is 0 Å². The average Bonchev–Trinajstić information content (AvgIpc) is 3.47. The second-order valence-electron chi connectivity index (χ2n) is 7.79. The predicted molar refractivity (Wildman–Crippen MR) is 119 cm³/mol. The second kappa shape index (κ2) is 7.70. The third-order valence-corrected chi connectivity index (χ3v) is 6.31. The fraction of sp³-hybridized carbons (Fsp3) is 0.261. The maximum atomic E-state index is 12.8. The van der Waals surface area contributed by atoms with Crippen molar-refractivity contribution in [2.24, 2.45) is 5.92 Å². The van der Waals surface area contributed by atoms with Crippen LogP contribution in [0.25, 0.3) is 11.3 Å². The molecule has 0 saturated carbocycles. The van der Waals surface area contributed by atoms with Crippen LogP contribution in [-0.2, 0) is 9.59 Å². The Hall–Kier alpha value is -3.39. The molecule has 2 aliphatic rings. The van der Waals surface area contributed by atoms with Crippen molar-refractivity contribution in [3.63, 3.8) is 0 Å². The summed E-state index contributed by atoms with van der Waals surface area (Å²) in [6.07, 6.45) is 0.162. The third kappa shape index (κ3) is 3.74. The molecule has 1 fully saturated rings. The van der Waals surface area contributed by atoms with Crippen molar-refractivity contribution in [2.45, 2.75) is 20.3 Å². The summed E-state index contributed by atoms with van der Waals surface area (Å²) in [5.41, 5.74) is 4.93. The fourth-order valence-electron chi connectivity index (χ4n) is 3.95. The van der Waals surface area contributed by atoms with Gasteiger partial charge in [-0.2, -0.15) is 0 Å². The minimum Gasteiger partial charge on any atom is -0.454 e. The van der Waals surface area contributed by atoms with Crippen molar-refractivity contribution in [3.8, 4) is 22.8 Å². The molecule has 0 spiro atoms. The van der Waals surface area contributed by atoms with E-state index in [1.165, 1.54) is 16.9 Å². The van der Waals surface area contributed by atoms with Crippen LogP contribution in [0.5, 0.6) is 11.5 Å². The molecular formula is C23H21N3O4S. The lowest BCUT2D eigenvalue weighted by molar-refractivity contribution is -0.122. The van der Waals surface area contributed by atoms with Gasteiger partial charge in [0.2, 0.25) is 18.6 Å². The van der Waals surface area contributed by atoms with Crippen LogP contribution in [0.15, 0.2) is 41.8 Å². The first-order valence-corrected chi connectivity index (χ1v) is 10.9. The summed E-state index contributed by atoms with van der Waals surface area (Å²) < 4.78 is 10.7. The number of aryl methyl sites for hydroxylation is 2. The number of fused-ring (bicyclic) bond motifs is 1. The number of hydrogen-bond donors (Lipinski definition) is 1. The maximum Gasteiger partial charge on any atom is 0.231 e. The van der Waals surface area contributed by atoms with Crippen LogP contribution in [0.3, 0.4) is 0 Å². The molecule has 1 unspecified atom stereocenters. The molecular weight excluding hydrogens is 414 g/mol. The molecule has 7 nitrogen and oxygen atoms in total. The lowest BCUT2D eigenvalue weighted by atomic mass is 10.0. The first-order chi connectivity index (χ1) is 15.0. The molecule has 2 amide bonds. The van der Waals surface area contributed by atoms with E-state index in [0.29, 0.717) is 28.9 Å². The van der Waals surface area contributed by atoms with Crippen molar-refractivity contribution in [1.82, 2.24) is 4.98 Å². The van der Waals surface area contributed by atoms with E-state index in [4.69, 9.17) is 9.47 Å². The number of carbonyl (C=O) groups excluding carboxylic acids is 2. The summed E-state index contributed by atoms with van der Waals surface area (Å²) in [5.74, 6) is 0.548. The van der Waals surface area contributed by atoms with Crippen LogP contribution in [0.1, 0.15) is 17.5 Å². The zero-order chi connectivity index (χ0) is 21.5. The second-order valence-corrected chi connectivity index (χ2v) is 8.65. The van der Waals surface area contributed by atoms with E-state index in [-0.39, 0.29) is 25.0 Å². The van der Waals surface area contributed by atoms with E-state index < -0.39 is 5.92 Å². The molecule has 1 saturated heterocycles. The summed E-state index contributed by atoms with van der Waals surface area (Å²) >= 11 is 1.38. The summed E-state index contributed by atoms with van der Waals surface area (Å²) in [6.45, 7) is 4.60. The van der Waals surface area contributed by atoms with Crippen molar-refractivity contribution in [3.05, 3.63) is 52.9 Å². The lowest BCUT2D eigenvalue weighted by Gasteiger charge is -2.17. The number of ether oxygens (including phenoxy) is 2. The van der Waals surface area contributed by atoms with Crippen molar-refractivity contribution in [2.75, 3.05) is 23.6 Å². The van der Waals surface area contributed by atoms with Gasteiger partial charge in [-0.05, 0) is 31.5 Å². The third-order valence-electron chi connectivity index (χ3n) is 5.56. The van der Waals surface area contributed by atoms with Crippen molar-refractivity contribution >= 4 is 34.0 Å². The molecule has 0 aliphatic carbocycles. The summed E-state index contributed by atoms with van der Waals surface area (Å²) in [5, 5.41) is 5.36. The smallest absolute Gasteiger partial charge is 0.231 e. The van der Waals surface area contributed by atoms with Crippen LogP contribution >= 0.6 is 11.3 Å². The highest BCUT2D eigenvalue weighted by atomic mass is 32.1. The van der Waals surface area contributed by atoms with Gasteiger partial charge >= 0.3 is 0 Å². The molecule has 0 bridgehead atoms. The largest absolute Gasteiger partial charge is 0.454 e. The standard InChI is InChI=1S/C23H21N3O4S/c1-13-3-5-17(14(2)7-13)18-11-31-23(24-18)25-22(28)15-8-21(27)26(10-15)16-4-6-19-20(9-16)30-12-29-19/h3-7,9,11,15H,8,10,12H2,1-2H3,(H,24,25,28). The molecule has 1 N–H and O–H groups in total. The number of thiazole rings is 1. The summed E-state index contributed by atoms with van der Waals surface area (Å²) in [6, 6.07) is 11.6. The van der Waals surface area contributed by atoms with Gasteiger partial charge in [0.15, 0.2) is 16.6 Å². The Morgan fingerprint density at radius 3 is 2.84 bits per heavy atom. The van der Waals surface area contributed by atoms with Gasteiger partial charge in [0.1, 0.15) is 0 Å². The predicted octanol–water partition coefficient (Wildman–Crippen LogP) is 4.15. The minimum absolute atomic E-state index is 0.0888. The minimum atomic E-state index is -0.439. The number of anilines is 2. The number of nitrogens with one attached hydrogen (secondary N) is 1. The average molecular weight is 436 g/mol. The topological polar surface area (TPSA) is 80.8 Å². The van der Waals surface area contributed by atoms with Gasteiger partial charge < -0.3 is 19.7 Å². The Kier molecular flexibility index (Phi) is 4.86. The zero-order valence-corrected chi connectivity index (χ0v) is 18.0. The Morgan fingerprint density at radius 2 is 2.00 bits per heavy atom. The lowest BCUT2D eigenvalue weighted by Crippen LogP contribution is -2.28. The van der Waals surface area contributed by atoms with E-state index in [9.17, 15) is 9.59 Å². The number of amides is 2. The Labute approximate surface area is 183 Å². The van der Waals surface area contributed by atoms with Gasteiger partial charge in [0.05, 0.1) is 11.6 Å². The molecule has 1 aromatic heterocycles. The number of nitrogens with zero attached hydrogens (tertiary/aromatic N) is 2. The Morgan fingerprint density at radius 1 is 1.16 bits per heavy atom. The van der Waals surface area contributed by atoms with Gasteiger partial charge in [0, 0.05) is 35.7 Å². The molecule has 3 aromatic rings. The molecule has 1 atom stereocenters. The van der Waals surface area contributed by atoms with Crippen molar-refractivity contribution < 1.29 is 19.1 Å². The highest BCUT2D eigenvalue weighted by Crippen LogP contribution is 2.37.